The Labute approximate surface area is 230 Å². The molecule has 6 heteroatoms. The van der Waals surface area contributed by atoms with Crippen LogP contribution in [-0.4, -0.2) is 31.7 Å². The number of para-hydroxylation sites is 4. The largest absolute Gasteiger partial charge is 0.506 e. The third kappa shape index (κ3) is 4.86. The fourth-order valence-electron chi connectivity index (χ4n) is 4.94. The van der Waals surface area contributed by atoms with Crippen LogP contribution >= 0.6 is 23.5 Å². The Balaban J connectivity index is 1.07. The van der Waals surface area contributed by atoms with Gasteiger partial charge in [0.1, 0.15) is 22.5 Å². The van der Waals surface area contributed by atoms with Gasteiger partial charge in [-0.2, -0.15) is 0 Å². The zero-order valence-corrected chi connectivity index (χ0v) is 22.6. The van der Waals surface area contributed by atoms with Gasteiger partial charge in [-0.25, -0.2) is 9.97 Å². The van der Waals surface area contributed by atoms with Crippen molar-refractivity contribution in [3.63, 3.8) is 0 Å². The highest BCUT2D eigenvalue weighted by molar-refractivity contribution is 8.00. The van der Waals surface area contributed by atoms with E-state index in [0.29, 0.717) is 11.0 Å². The van der Waals surface area contributed by atoms with E-state index in [1.54, 1.807) is 12.1 Å². The van der Waals surface area contributed by atoms with E-state index >= 15 is 0 Å². The first-order valence-corrected chi connectivity index (χ1v) is 14.9. The van der Waals surface area contributed by atoms with Crippen molar-refractivity contribution in [2.24, 2.45) is 0 Å². The maximum atomic E-state index is 10.4. The van der Waals surface area contributed by atoms with Crippen molar-refractivity contribution in [1.82, 2.24) is 9.97 Å². The van der Waals surface area contributed by atoms with Gasteiger partial charge >= 0.3 is 0 Å². The van der Waals surface area contributed by atoms with Gasteiger partial charge in [-0.1, -0.05) is 73.5 Å². The van der Waals surface area contributed by atoms with Gasteiger partial charge in [0.25, 0.3) is 0 Å². The number of thioether (sulfide) groups is 2. The number of hydrogen-bond donors (Lipinski definition) is 2. The normalized spacial score (nSPS) is 11.7. The monoisotopic (exact) mass is 536 g/mol. The molecule has 0 spiro atoms. The molecular formula is C32H28N2O2S2. The average molecular weight is 537 g/mol. The molecule has 0 radical (unpaired) electrons. The van der Waals surface area contributed by atoms with Crippen LogP contribution in [0.3, 0.4) is 0 Å². The summed E-state index contributed by atoms with van der Waals surface area (Å²) in [6.45, 7) is 0. The van der Waals surface area contributed by atoms with Crippen LogP contribution in [-0.2, 0) is 0 Å². The van der Waals surface area contributed by atoms with Gasteiger partial charge in [-0.3, -0.25) is 0 Å². The third-order valence-corrected chi connectivity index (χ3v) is 9.25. The zero-order chi connectivity index (χ0) is 25.9. The summed E-state index contributed by atoms with van der Waals surface area (Å²) in [6, 6.07) is 27.7. The molecule has 2 N–H and O–H groups in total. The summed E-state index contributed by atoms with van der Waals surface area (Å²) >= 11 is 3.73. The van der Waals surface area contributed by atoms with Crippen LogP contribution in [0.2, 0.25) is 0 Å². The Morgan fingerprint density at radius 1 is 0.474 bits per heavy atom. The van der Waals surface area contributed by atoms with E-state index in [1.807, 2.05) is 59.9 Å². The summed E-state index contributed by atoms with van der Waals surface area (Å²) in [6.07, 6.45) is 4.64. The van der Waals surface area contributed by atoms with Crippen LogP contribution in [0.4, 0.5) is 0 Å². The molecule has 0 amide bonds. The van der Waals surface area contributed by atoms with Crippen molar-refractivity contribution in [2.75, 3.05) is 11.5 Å². The number of phenols is 2. The highest BCUT2D eigenvalue weighted by Gasteiger charge is 2.13. The van der Waals surface area contributed by atoms with Gasteiger partial charge in [0.2, 0.25) is 0 Å². The Morgan fingerprint density at radius 3 is 1.37 bits per heavy atom. The number of pyridine rings is 2. The molecule has 0 fully saturated rings. The lowest BCUT2D eigenvalue weighted by molar-refractivity contribution is 0.480. The number of fused-ring (bicyclic) bond motifs is 4. The van der Waals surface area contributed by atoms with Crippen LogP contribution in [0.5, 0.6) is 11.5 Å². The fraction of sp³-hybridized carbons (Fsp3) is 0.188. The SMILES string of the molecule is Oc1cccc2c(SCCCCCCSc3c4ccccc4nc4c(O)cccc34)c3ccccc3nc12. The summed E-state index contributed by atoms with van der Waals surface area (Å²) in [5, 5.41) is 25.1. The Kier molecular flexibility index (Phi) is 7.25. The van der Waals surface area contributed by atoms with Gasteiger partial charge < -0.3 is 10.2 Å². The van der Waals surface area contributed by atoms with E-state index in [4.69, 9.17) is 9.97 Å². The highest BCUT2D eigenvalue weighted by Crippen LogP contribution is 2.39. The maximum absolute atomic E-state index is 10.4. The second-order valence-electron chi connectivity index (χ2n) is 9.37. The molecule has 6 rings (SSSR count). The number of rotatable bonds is 9. The van der Waals surface area contributed by atoms with Crippen molar-refractivity contribution in [3.05, 3.63) is 84.9 Å². The second-order valence-corrected chi connectivity index (χ2v) is 11.6. The van der Waals surface area contributed by atoms with Crippen LogP contribution in [0, 0.1) is 0 Å². The van der Waals surface area contributed by atoms with Crippen molar-refractivity contribution in [3.8, 4) is 11.5 Å². The van der Waals surface area contributed by atoms with Crippen molar-refractivity contribution in [1.29, 1.82) is 0 Å². The molecule has 6 aromatic rings. The lowest BCUT2D eigenvalue weighted by atomic mass is 10.1. The number of benzene rings is 4. The summed E-state index contributed by atoms with van der Waals surface area (Å²) in [5.41, 5.74) is 3.20. The lowest BCUT2D eigenvalue weighted by Crippen LogP contribution is -1.90. The number of hydrogen-bond acceptors (Lipinski definition) is 6. The molecule has 0 aliphatic rings. The minimum Gasteiger partial charge on any atom is -0.506 e. The predicted octanol–water partition coefficient (Wildman–Crippen LogP) is 8.95. The standard InChI is InChI=1S/C32H28N2O2S2/c35-27-17-9-13-23-29(27)33-25-15-5-3-11-21(25)31(23)37-19-7-1-2-8-20-38-32-22-12-4-6-16-26(22)34-30-24(32)14-10-18-28(30)36/h3-6,9-18,35-36H,1-2,7-8,19-20H2. The number of unbranched alkanes of at least 4 members (excludes halogenated alkanes) is 3. The second kappa shape index (κ2) is 11.1. The van der Waals surface area contributed by atoms with Crippen molar-refractivity contribution < 1.29 is 10.2 Å². The molecule has 0 saturated heterocycles. The van der Waals surface area contributed by atoms with Crippen LogP contribution in [0.25, 0.3) is 43.6 Å². The van der Waals surface area contributed by atoms with Crippen LogP contribution in [0.15, 0.2) is 94.7 Å². The predicted molar refractivity (Wildman–Crippen MR) is 162 cm³/mol. The van der Waals surface area contributed by atoms with E-state index in [9.17, 15) is 10.2 Å². The fourth-order valence-corrected chi connectivity index (χ4v) is 7.34. The number of nitrogens with zero attached hydrogens (tertiary/aromatic N) is 2. The van der Waals surface area contributed by atoms with Crippen LogP contribution < -0.4 is 0 Å². The van der Waals surface area contributed by atoms with Crippen molar-refractivity contribution in [2.45, 2.75) is 35.5 Å². The smallest absolute Gasteiger partial charge is 0.141 e. The van der Waals surface area contributed by atoms with E-state index in [1.165, 1.54) is 22.6 Å². The molecule has 0 saturated carbocycles. The van der Waals surface area contributed by atoms with E-state index in [-0.39, 0.29) is 11.5 Å². The molecule has 4 aromatic carbocycles. The van der Waals surface area contributed by atoms with E-state index in [0.717, 1.165) is 56.9 Å². The minimum absolute atomic E-state index is 0.234. The summed E-state index contributed by atoms with van der Waals surface area (Å²) in [4.78, 5) is 11.8. The average Bonchev–Trinajstić information content (AvgIpc) is 2.94. The van der Waals surface area contributed by atoms with Gasteiger partial charge in [-0.05, 0) is 48.6 Å². The lowest BCUT2D eigenvalue weighted by Gasteiger charge is -2.12. The van der Waals surface area contributed by atoms with E-state index in [2.05, 4.69) is 36.4 Å². The Hall–Kier alpha value is -3.48. The minimum atomic E-state index is 0.234. The number of aromatic nitrogens is 2. The molecular weight excluding hydrogens is 508 g/mol. The van der Waals surface area contributed by atoms with Gasteiger partial charge in [0, 0.05) is 31.3 Å². The maximum Gasteiger partial charge on any atom is 0.141 e. The summed E-state index contributed by atoms with van der Waals surface area (Å²) in [7, 11) is 0. The highest BCUT2D eigenvalue weighted by atomic mass is 32.2. The first-order valence-electron chi connectivity index (χ1n) is 13.0. The first-order chi connectivity index (χ1) is 18.7. The summed E-state index contributed by atoms with van der Waals surface area (Å²) in [5.74, 6) is 2.53. The van der Waals surface area contributed by atoms with Crippen LogP contribution in [0.1, 0.15) is 25.7 Å². The number of phenolic OH excluding ortho intramolecular Hbond substituents is 2. The topological polar surface area (TPSA) is 66.2 Å². The zero-order valence-electron chi connectivity index (χ0n) is 20.9. The van der Waals surface area contributed by atoms with Gasteiger partial charge in [0.15, 0.2) is 0 Å². The molecule has 0 unspecified atom stereocenters. The summed E-state index contributed by atoms with van der Waals surface area (Å²) < 4.78 is 0. The molecule has 190 valence electrons. The third-order valence-electron chi connectivity index (χ3n) is 6.81. The van der Waals surface area contributed by atoms with Gasteiger partial charge in [0.05, 0.1) is 11.0 Å². The van der Waals surface area contributed by atoms with Gasteiger partial charge in [-0.15, -0.1) is 23.5 Å². The Bertz CT molecular complexity index is 1640. The first kappa shape index (κ1) is 24.8. The molecule has 0 aliphatic carbocycles. The molecule has 0 bridgehead atoms. The van der Waals surface area contributed by atoms with Crippen molar-refractivity contribution >= 4 is 67.1 Å². The van der Waals surface area contributed by atoms with E-state index < -0.39 is 0 Å². The molecule has 4 nitrogen and oxygen atoms in total. The molecule has 0 atom stereocenters. The Morgan fingerprint density at radius 2 is 0.895 bits per heavy atom. The molecule has 38 heavy (non-hydrogen) atoms. The molecule has 2 heterocycles. The molecule has 2 aromatic heterocycles. The number of aromatic hydroxyl groups is 2. The quantitative estimate of drug-likeness (QED) is 0.109. The molecule has 0 aliphatic heterocycles.